The van der Waals surface area contributed by atoms with Crippen molar-refractivity contribution in [1.82, 2.24) is 20.6 Å². The molecular formula is C14H22N6O6. The standard InChI is InChI=1S/C14H22N6O6/c15-8(5-21)12(23)19-9(1-2-11(16)22)13(24)20-10(14(25)26)3-7-4-17-6-18-7/h4,6,8-10,21H,1-3,5,15H2,(H2,16,22)(H,17,18)(H,19,23)(H,20,24)(H,25,26)/t8-,9-,10-/m0/s1. The number of carboxylic acid groups (broad SMARTS) is 1. The van der Waals surface area contributed by atoms with E-state index in [-0.39, 0.29) is 19.3 Å². The Kier molecular flexibility index (Phi) is 8.18. The molecule has 3 atom stereocenters. The summed E-state index contributed by atoms with van der Waals surface area (Å²) in [5.41, 5.74) is 10.9. The highest BCUT2D eigenvalue weighted by molar-refractivity contribution is 5.92. The third-order valence-electron chi connectivity index (χ3n) is 3.44. The van der Waals surface area contributed by atoms with Crippen LogP contribution in [0.5, 0.6) is 0 Å². The van der Waals surface area contributed by atoms with Crippen LogP contribution in [0.1, 0.15) is 18.5 Å². The fourth-order valence-electron chi connectivity index (χ4n) is 2.01. The van der Waals surface area contributed by atoms with Crippen molar-refractivity contribution in [3.63, 3.8) is 0 Å². The van der Waals surface area contributed by atoms with E-state index < -0.39 is 48.4 Å². The lowest BCUT2D eigenvalue weighted by molar-refractivity contribution is -0.142. The molecule has 12 heteroatoms. The number of H-pyrrole nitrogens is 1. The number of rotatable bonds is 11. The second-order valence-electron chi connectivity index (χ2n) is 5.54. The van der Waals surface area contributed by atoms with Gasteiger partial charge in [-0.25, -0.2) is 9.78 Å². The molecule has 1 heterocycles. The summed E-state index contributed by atoms with van der Waals surface area (Å²) in [6.07, 6.45) is 2.34. The van der Waals surface area contributed by atoms with Crippen LogP contribution in [-0.2, 0) is 25.6 Å². The molecular weight excluding hydrogens is 348 g/mol. The molecule has 26 heavy (non-hydrogen) atoms. The molecule has 0 fully saturated rings. The van der Waals surface area contributed by atoms with Crippen molar-refractivity contribution >= 4 is 23.7 Å². The minimum atomic E-state index is -1.29. The average Bonchev–Trinajstić information content (AvgIpc) is 3.09. The van der Waals surface area contributed by atoms with Gasteiger partial charge in [-0.1, -0.05) is 0 Å². The molecule has 1 rings (SSSR count). The zero-order chi connectivity index (χ0) is 19.7. The van der Waals surface area contributed by atoms with E-state index >= 15 is 0 Å². The molecule has 0 saturated heterocycles. The van der Waals surface area contributed by atoms with E-state index in [1.165, 1.54) is 12.5 Å². The molecule has 12 nitrogen and oxygen atoms in total. The van der Waals surface area contributed by atoms with Gasteiger partial charge in [0, 0.05) is 24.7 Å². The maximum atomic E-state index is 12.4. The van der Waals surface area contributed by atoms with Gasteiger partial charge >= 0.3 is 5.97 Å². The number of nitrogens with two attached hydrogens (primary N) is 2. The lowest BCUT2D eigenvalue weighted by atomic mass is 10.1. The molecule has 0 aliphatic rings. The number of aliphatic hydroxyl groups is 1. The highest BCUT2D eigenvalue weighted by Gasteiger charge is 2.28. The topological polar surface area (TPSA) is 214 Å². The maximum Gasteiger partial charge on any atom is 0.326 e. The largest absolute Gasteiger partial charge is 0.480 e. The number of imidazole rings is 1. The normalized spacial score (nSPS) is 14.1. The van der Waals surface area contributed by atoms with Crippen molar-refractivity contribution in [2.45, 2.75) is 37.4 Å². The number of aliphatic hydroxyl groups excluding tert-OH is 1. The molecule has 3 amide bonds. The first kappa shape index (κ1) is 21.1. The van der Waals surface area contributed by atoms with Crippen LogP contribution in [0, 0.1) is 0 Å². The predicted molar refractivity (Wildman–Crippen MR) is 87.3 cm³/mol. The van der Waals surface area contributed by atoms with Gasteiger partial charge in [-0.3, -0.25) is 14.4 Å². The third kappa shape index (κ3) is 6.86. The highest BCUT2D eigenvalue weighted by Crippen LogP contribution is 2.03. The van der Waals surface area contributed by atoms with Crippen LogP contribution < -0.4 is 22.1 Å². The van der Waals surface area contributed by atoms with E-state index in [0.717, 1.165) is 0 Å². The van der Waals surface area contributed by atoms with Crippen molar-refractivity contribution in [2.75, 3.05) is 6.61 Å². The van der Waals surface area contributed by atoms with Gasteiger partial charge < -0.3 is 37.3 Å². The number of aromatic nitrogens is 2. The number of carboxylic acids is 1. The van der Waals surface area contributed by atoms with Gasteiger partial charge in [0.1, 0.15) is 18.1 Å². The Balaban J connectivity index is 2.81. The summed E-state index contributed by atoms with van der Waals surface area (Å²) in [6.45, 7) is -0.645. The summed E-state index contributed by atoms with van der Waals surface area (Å²) < 4.78 is 0. The zero-order valence-corrected chi connectivity index (χ0v) is 13.8. The number of aromatic amines is 1. The van der Waals surface area contributed by atoms with Crippen molar-refractivity contribution in [3.8, 4) is 0 Å². The number of hydrogen-bond donors (Lipinski definition) is 7. The quantitative estimate of drug-likeness (QED) is 0.208. The van der Waals surface area contributed by atoms with Crippen molar-refractivity contribution in [3.05, 3.63) is 18.2 Å². The van der Waals surface area contributed by atoms with Gasteiger partial charge in [-0.15, -0.1) is 0 Å². The van der Waals surface area contributed by atoms with Crippen LogP contribution >= 0.6 is 0 Å². The molecule has 0 unspecified atom stereocenters. The van der Waals surface area contributed by atoms with Crippen LogP contribution in [0.4, 0.5) is 0 Å². The summed E-state index contributed by atoms with van der Waals surface area (Å²) in [5, 5.41) is 22.7. The fourth-order valence-corrected chi connectivity index (χ4v) is 2.01. The van der Waals surface area contributed by atoms with Gasteiger partial charge in [0.25, 0.3) is 0 Å². The second kappa shape index (κ2) is 10.1. The molecule has 0 saturated carbocycles. The molecule has 0 aliphatic heterocycles. The van der Waals surface area contributed by atoms with Gasteiger partial charge in [0.15, 0.2) is 0 Å². The Morgan fingerprint density at radius 3 is 2.35 bits per heavy atom. The predicted octanol–water partition coefficient (Wildman–Crippen LogP) is -3.41. The number of carbonyl (C=O) groups is 4. The minimum absolute atomic E-state index is 0.0618. The molecule has 0 radical (unpaired) electrons. The van der Waals surface area contributed by atoms with Crippen LogP contribution in [-0.4, -0.2) is 68.6 Å². The lowest BCUT2D eigenvalue weighted by Crippen LogP contribution is -2.55. The van der Waals surface area contributed by atoms with E-state index in [1.807, 2.05) is 0 Å². The van der Waals surface area contributed by atoms with E-state index in [0.29, 0.717) is 5.69 Å². The van der Waals surface area contributed by atoms with E-state index in [2.05, 4.69) is 20.6 Å². The number of aliphatic carboxylic acids is 1. The molecule has 1 aromatic heterocycles. The number of hydrogen-bond acceptors (Lipinski definition) is 7. The molecule has 144 valence electrons. The van der Waals surface area contributed by atoms with Crippen molar-refractivity contribution < 1.29 is 29.4 Å². The summed E-state index contributed by atoms with van der Waals surface area (Å²) in [4.78, 5) is 53.0. The second-order valence-corrected chi connectivity index (χ2v) is 5.54. The summed E-state index contributed by atoms with van der Waals surface area (Å²) in [7, 11) is 0. The number of primary amides is 1. The van der Waals surface area contributed by atoms with E-state index in [9.17, 15) is 24.3 Å². The SMILES string of the molecule is NC(=O)CC[C@H](NC(=O)[C@@H](N)CO)C(=O)N[C@@H](Cc1cnc[nH]1)C(=O)O. The van der Waals surface area contributed by atoms with Gasteiger partial charge in [-0.2, -0.15) is 0 Å². The number of carbonyl (C=O) groups excluding carboxylic acids is 3. The minimum Gasteiger partial charge on any atom is -0.480 e. The van der Waals surface area contributed by atoms with Crippen LogP contribution in [0.2, 0.25) is 0 Å². The number of nitrogens with zero attached hydrogens (tertiary/aromatic N) is 1. The lowest BCUT2D eigenvalue weighted by Gasteiger charge is -2.22. The summed E-state index contributed by atoms with van der Waals surface area (Å²) in [6, 6.07) is -3.79. The fraction of sp³-hybridized carbons (Fsp3) is 0.500. The molecule has 0 spiro atoms. The van der Waals surface area contributed by atoms with Crippen LogP contribution in [0.3, 0.4) is 0 Å². The zero-order valence-electron chi connectivity index (χ0n) is 13.8. The Hall–Kier alpha value is -2.99. The van der Waals surface area contributed by atoms with Crippen LogP contribution in [0.25, 0.3) is 0 Å². The first-order chi connectivity index (χ1) is 12.2. The van der Waals surface area contributed by atoms with Gasteiger partial charge in [-0.05, 0) is 6.42 Å². The summed E-state index contributed by atoms with van der Waals surface area (Å²) >= 11 is 0. The molecule has 0 aliphatic carbocycles. The monoisotopic (exact) mass is 370 g/mol. The van der Waals surface area contributed by atoms with Crippen molar-refractivity contribution in [1.29, 1.82) is 0 Å². The Labute approximate surface area is 148 Å². The van der Waals surface area contributed by atoms with Gasteiger partial charge in [0.05, 0.1) is 12.9 Å². The van der Waals surface area contributed by atoms with Crippen molar-refractivity contribution in [2.24, 2.45) is 11.5 Å². The first-order valence-corrected chi connectivity index (χ1v) is 7.70. The Morgan fingerprint density at radius 2 is 1.85 bits per heavy atom. The Morgan fingerprint density at radius 1 is 1.19 bits per heavy atom. The smallest absolute Gasteiger partial charge is 0.326 e. The highest BCUT2D eigenvalue weighted by atomic mass is 16.4. The van der Waals surface area contributed by atoms with E-state index in [1.54, 1.807) is 0 Å². The number of nitrogens with one attached hydrogen (secondary N) is 3. The molecule has 9 N–H and O–H groups in total. The average molecular weight is 370 g/mol. The third-order valence-corrected chi connectivity index (χ3v) is 3.44. The number of amides is 3. The molecule has 0 bridgehead atoms. The first-order valence-electron chi connectivity index (χ1n) is 7.70. The Bertz CT molecular complexity index is 634. The summed E-state index contributed by atoms with van der Waals surface area (Å²) in [5.74, 6) is -3.63. The van der Waals surface area contributed by atoms with E-state index in [4.69, 9.17) is 16.6 Å². The molecule has 1 aromatic rings. The van der Waals surface area contributed by atoms with Crippen LogP contribution in [0.15, 0.2) is 12.5 Å². The molecule has 0 aromatic carbocycles. The maximum absolute atomic E-state index is 12.4. The van der Waals surface area contributed by atoms with Gasteiger partial charge in [0.2, 0.25) is 17.7 Å².